The summed E-state index contributed by atoms with van der Waals surface area (Å²) in [5, 5.41) is 15.6. The third-order valence-electron chi connectivity index (χ3n) is 4.41. The van der Waals surface area contributed by atoms with E-state index >= 15 is 0 Å². The van der Waals surface area contributed by atoms with Crippen LogP contribution in [0.5, 0.6) is 0 Å². The molecule has 2 unspecified atom stereocenters. The maximum Gasteiger partial charge on any atom is 0.471 e. The topological polar surface area (TPSA) is 125 Å². The first kappa shape index (κ1) is 21.2. The van der Waals surface area contributed by atoms with Crippen molar-refractivity contribution in [2.45, 2.75) is 37.0 Å². The Hall–Kier alpha value is -3.11. The van der Waals surface area contributed by atoms with E-state index in [1.807, 2.05) is 0 Å². The van der Waals surface area contributed by atoms with Crippen molar-refractivity contribution in [3.8, 4) is 0 Å². The highest BCUT2D eigenvalue weighted by atomic mass is 19.4. The molecular formula is C17H18F3N3O5. The van der Waals surface area contributed by atoms with Crippen LogP contribution in [0.15, 0.2) is 30.3 Å². The number of carboxylic acid groups (broad SMARTS) is 1. The van der Waals surface area contributed by atoms with Gasteiger partial charge in [0.15, 0.2) is 5.54 Å². The third kappa shape index (κ3) is 4.78. The Morgan fingerprint density at radius 2 is 1.79 bits per heavy atom. The van der Waals surface area contributed by atoms with E-state index in [9.17, 15) is 37.5 Å². The average molecular weight is 401 g/mol. The predicted octanol–water partition coefficient (Wildman–Crippen LogP) is 0.587. The summed E-state index contributed by atoms with van der Waals surface area (Å²) in [5.41, 5.74) is -1.81. The maximum absolute atomic E-state index is 12.5. The number of carbonyl (C=O) groups is 4. The molecule has 0 saturated heterocycles. The van der Waals surface area contributed by atoms with E-state index in [0.717, 1.165) is 0 Å². The summed E-state index contributed by atoms with van der Waals surface area (Å²) in [7, 11) is 0. The van der Waals surface area contributed by atoms with Crippen molar-refractivity contribution in [1.82, 2.24) is 16.0 Å². The van der Waals surface area contributed by atoms with Gasteiger partial charge >= 0.3 is 18.1 Å². The summed E-state index contributed by atoms with van der Waals surface area (Å²) in [6.07, 6.45) is -5.21. The molecule has 2 rings (SSSR count). The molecule has 1 aliphatic rings. The molecule has 1 aromatic carbocycles. The number of nitrogens with one attached hydrogen (secondary N) is 3. The van der Waals surface area contributed by atoms with Crippen LogP contribution in [0.2, 0.25) is 0 Å². The van der Waals surface area contributed by atoms with Gasteiger partial charge in [-0.25, -0.2) is 4.79 Å². The van der Waals surface area contributed by atoms with Gasteiger partial charge in [0, 0.05) is 5.56 Å². The lowest BCUT2D eigenvalue weighted by molar-refractivity contribution is -0.175. The highest BCUT2D eigenvalue weighted by Gasteiger charge is 2.53. The molecule has 0 radical (unpaired) electrons. The van der Waals surface area contributed by atoms with Gasteiger partial charge in [-0.3, -0.25) is 14.4 Å². The summed E-state index contributed by atoms with van der Waals surface area (Å²) in [6, 6.07) is 6.49. The SMILES string of the molecule is O=C(CNC(=O)c1ccccc1)NC1(C(=O)O)CCCC1NC(=O)C(F)(F)F. The quantitative estimate of drug-likeness (QED) is 0.555. The number of halogens is 3. The second-order valence-electron chi connectivity index (χ2n) is 6.29. The first-order chi connectivity index (χ1) is 13.1. The van der Waals surface area contributed by atoms with Crippen molar-refractivity contribution in [3.63, 3.8) is 0 Å². The second-order valence-corrected chi connectivity index (χ2v) is 6.29. The van der Waals surface area contributed by atoms with Crippen molar-refractivity contribution < 1.29 is 37.5 Å². The van der Waals surface area contributed by atoms with Crippen LogP contribution < -0.4 is 16.0 Å². The molecule has 152 valence electrons. The van der Waals surface area contributed by atoms with E-state index in [4.69, 9.17) is 0 Å². The van der Waals surface area contributed by atoms with Crippen LogP contribution in [0.25, 0.3) is 0 Å². The number of hydrogen-bond donors (Lipinski definition) is 4. The van der Waals surface area contributed by atoms with Crippen LogP contribution >= 0.6 is 0 Å². The molecule has 0 aromatic heterocycles. The van der Waals surface area contributed by atoms with E-state index in [2.05, 4.69) is 10.6 Å². The van der Waals surface area contributed by atoms with Gasteiger partial charge in [-0.05, 0) is 31.4 Å². The second kappa shape index (κ2) is 8.28. The predicted molar refractivity (Wildman–Crippen MR) is 89.1 cm³/mol. The molecule has 0 bridgehead atoms. The van der Waals surface area contributed by atoms with Gasteiger partial charge in [-0.1, -0.05) is 18.2 Å². The fourth-order valence-corrected chi connectivity index (χ4v) is 3.05. The van der Waals surface area contributed by atoms with Gasteiger partial charge in [0.2, 0.25) is 5.91 Å². The Labute approximate surface area is 157 Å². The number of benzene rings is 1. The number of amides is 3. The minimum absolute atomic E-state index is 0.0508. The molecule has 11 heteroatoms. The third-order valence-corrected chi connectivity index (χ3v) is 4.41. The van der Waals surface area contributed by atoms with E-state index < -0.39 is 48.0 Å². The zero-order chi connectivity index (χ0) is 20.9. The number of hydrogen-bond acceptors (Lipinski definition) is 4. The van der Waals surface area contributed by atoms with Crippen molar-refractivity contribution in [2.75, 3.05) is 6.54 Å². The summed E-state index contributed by atoms with van der Waals surface area (Å²) >= 11 is 0. The van der Waals surface area contributed by atoms with Gasteiger partial charge < -0.3 is 21.1 Å². The fraction of sp³-hybridized carbons (Fsp3) is 0.412. The number of carbonyl (C=O) groups excluding carboxylic acids is 3. The molecule has 4 N–H and O–H groups in total. The molecule has 1 aromatic rings. The van der Waals surface area contributed by atoms with Crippen LogP contribution in [-0.2, 0) is 14.4 Å². The molecule has 0 spiro atoms. The van der Waals surface area contributed by atoms with Gasteiger partial charge in [-0.15, -0.1) is 0 Å². The minimum atomic E-state index is -5.18. The van der Waals surface area contributed by atoms with Crippen molar-refractivity contribution in [1.29, 1.82) is 0 Å². The molecule has 2 atom stereocenters. The summed E-state index contributed by atoms with van der Waals surface area (Å²) in [6.45, 7) is -0.581. The van der Waals surface area contributed by atoms with Gasteiger partial charge in [0.1, 0.15) is 0 Å². The monoisotopic (exact) mass is 401 g/mol. The first-order valence-corrected chi connectivity index (χ1v) is 8.31. The van der Waals surface area contributed by atoms with E-state index in [1.54, 1.807) is 23.5 Å². The number of rotatable bonds is 6. The van der Waals surface area contributed by atoms with Crippen LogP contribution in [0, 0.1) is 0 Å². The van der Waals surface area contributed by atoms with Gasteiger partial charge in [0.05, 0.1) is 12.6 Å². The Morgan fingerprint density at radius 3 is 2.36 bits per heavy atom. The number of alkyl halides is 3. The number of carboxylic acids is 1. The largest absolute Gasteiger partial charge is 0.479 e. The smallest absolute Gasteiger partial charge is 0.471 e. The van der Waals surface area contributed by atoms with Crippen molar-refractivity contribution in [3.05, 3.63) is 35.9 Å². The molecule has 1 saturated carbocycles. The molecular weight excluding hydrogens is 383 g/mol. The highest BCUT2D eigenvalue weighted by molar-refractivity contribution is 5.97. The standard InChI is InChI=1S/C17H18F3N3O5/c18-17(19,20)14(26)22-11-7-4-8-16(11,15(27)28)23-12(24)9-21-13(25)10-5-2-1-3-6-10/h1-3,5-6,11H,4,7-9H2,(H,21,25)(H,22,26)(H,23,24)(H,27,28). The molecule has 28 heavy (non-hydrogen) atoms. The van der Waals surface area contributed by atoms with Crippen LogP contribution in [-0.4, -0.2) is 53.1 Å². The Morgan fingerprint density at radius 1 is 1.14 bits per heavy atom. The fourth-order valence-electron chi connectivity index (χ4n) is 3.05. The minimum Gasteiger partial charge on any atom is -0.479 e. The molecule has 1 fully saturated rings. The highest BCUT2D eigenvalue weighted by Crippen LogP contribution is 2.31. The molecule has 0 heterocycles. The van der Waals surface area contributed by atoms with Crippen LogP contribution in [0.4, 0.5) is 13.2 Å². The Kier molecular flexibility index (Phi) is 6.26. The summed E-state index contributed by atoms with van der Waals surface area (Å²) < 4.78 is 37.5. The zero-order valence-electron chi connectivity index (χ0n) is 14.5. The molecule has 0 aliphatic heterocycles. The van der Waals surface area contributed by atoms with Gasteiger partial charge in [-0.2, -0.15) is 13.2 Å². The molecule has 3 amide bonds. The Balaban J connectivity index is 2.04. The normalized spacial score (nSPS) is 21.6. The average Bonchev–Trinajstić information content (AvgIpc) is 3.03. The summed E-state index contributed by atoms with van der Waals surface area (Å²) in [4.78, 5) is 47.0. The van der Waals surface area contributed by atoms with E-state index in [0.29, 0.717) is 0 Å². The lowest BCUT2D eigenvalue weighted by Crippen LogP contribution is -2.65. The lowest BCUT2D eigenvalue weighted by Gasteiger charge is -2.33. The molecule has 1 aliphatic carbocycles. The van der Waals surface area contributed by atoms with E-state index in [-0.39, 0.29) is 24.8 Å². The first-order valence-electron chi connectivity index (χ1n) is 8.31. The maximum atomic E-state index is 12.5. The van der Waals surface area contributed by atoms with E-state index in [1.165, 1.54) is 12.1 Å². The van der Waals surface area contributed by atoms with Crippen molar-refractivity contribution >= 4 is 23.7 Å². The van der Waals surface area contributed by atoms with Crippen LogP contribution in [0.3, 0.4) is 0 Å². The summed E-state index contributed by atoms with van der Waals surface area (Å²) in [5.74, 6) is -5.33. The molecule has 8 nitrogen and oxygen atoms in total. The number of aliphatic carboxylic acids is 1. The van der Waals surface area contributed by atoms with Gasteiger partial charge in [0.25, 0.3) is 5.91 Å². The zero-order valence-corrected chi connectivity index (χ0v) is 14.5. The van der Waals surface area contributed by atoms with Crippen molar-refractivity contribution in [2.24, 2.45) is 0 Å². The Bertz CT molecular complexity index is 769. The van der Waals surface area contributed by atoms with Crippen LogP contribution in [0.1, 0.15) is 29.6 Å². The lowest BCUT2D eigenvalue weighted by atomic mass is 9.92.